The number of rotatable bonds is 7. The van der Waals surface area contributed by atoms with E-state index in [4.69, 9.17) is 0 Å². The van der Waals surface area contributed by atoms with E-state index in [2.05, 4.69) is 17.5 Å². The van der Waals surface area contributed by atoms with Gasteiger partial charge in [0.1, 0.15) is 0 Å². The molecule has 0 radical (unpaired) electrons. The number of benzene rings is 1. The van der Waals surface area contributed by atoms with Gasteiger partial charge in [0.25, 0.3) is 0 Å². The van der Waals surface area contributed by atoms with Gasteiger partial charge in [0, 0.05) is 6.42 Å². The molecule has 1 N–H and O–H groups in total. The summed E-state index contributed by atoms with van der Waals surface area (Å²) in [6.45, 7) is 6.21. The summed E-state index contributed by atoms with van der Waals surface area (Å²) < 4.78 is 0. The molecular weight excluding hydrogens is 236 g/mol. The number of unbranched alkanes of at least 4 members (excludes halogenated alkanes) is 1. The van der Waals surface area contributed by atoms with Crippen LogP contribution in [-0.4, -0.2) is 11.6 Å². The molecular formula is C16H24N2O. The van der Waals surface area contributed by atoms with Crippen LogP contribution in [0.1, 0.15) is 52.0 Å². The number of nitrogens with one attached hydrogen (secondary N) is 1. The number of hydrazone groups is 1. The van der Waals surface area contributed by atoms with Gasteiger partial charge in [0.2, 0.25) is 5.91 Å². The van der Waals surface area contributed by atoms with Crippen LogP contribution >= 0.6 is 0 Å². The summed E-state index contributed by atoms with van der Waals surface area (Å²) in [5, 5.41) is 4.30. The molecule has 104 valence electrons. The topological polar surface area (TPSA) is 41.5 Å². The number of amides is 1. The molecule has 0 spiro atoms. The van der Waals surface area contributed by atoms with Gasteiger partial charge in [0.05, 0.1) is 5.71 Å². The smallest absolute Gasteiger partial charge is 0.240 e. The largest absolute Gasteiger partial charge is 0.273 e. The summed E-state index contributed by atoms with van der Waals surface area (Å²) in [7, 11) is 0. The third-order valence-electron chi connectivity index (χ3n) is 2.78. The lowest BCUT2D eigenvalue weighted by Gasteiger charge is -2.08. The second-order valence-corrected chi connectivity index (χ2v) is 5.16. The Morgan fingerprint density at radius 2 is 1.95 bits per heavy atom. The highest BCUT2D eigenvalue weighted by Gasteiger charge is 2.06. The van der Waals surface area contributed by atoms with Gasteiger partial charge in [-0.05, 0) is 24.3 Å². The van der Waals surface area contributed by atoms with Crippen LogP contribution in [0.5, 0.6) is 0 Å². The van der Waals surface area contributed by atoms with Crippen molar-refractivity contribution >= 4 is 11.6 Å². The zero-order chi connectivity index (χ0) is 14.1. The fraction of sp³-hybridized carbons (Fsp3) is 0.500. The molecule has 3 nitrogen and oxygen atoms in total. The average molecular weight is 260 g/mol. The van der Waals surface area contributed by atoms with Crippen molar-refractivity contribution in [3.8, 4) is 0 Å². The number of hydrogen-bond donors (Lipinski definition) is 1. The zero-order valence-electron chi connectivity index (χ0n) is 12.1. The van der Waals surface area contributed by atoms with E-state index in [0.29, 0.717) is 12.3 Å². The fourth-order valence-corrected chi connectivity index (χ4v) is 1.79. The van der Waals surface area contributed by atoms with Crippen molar-refractivity contribution in [2.75, 3.05) is 0 Å². The maximum Gasteiger partial charge on any atom is 0.240 e. The Morgan fingerprint density at radius 3 is 2.53 bits per heavy atom. The van der Waals surface area contributed by atoms with Gasteiger partial charge in [-0.1, -0.05) is 57.5 Å². The van der Waals surface area contributed by atoms with Crippen LogP contribution in [0.25, 0.3) is 0 Å². The molecule has 1 rings (SSSR count). The Labute approximate surface area is 116 Å². The highest BCUT2D eigenvalue weighted by atomic mass is 16.2. The summed E-state index contributed by atoms with van der Waals surface area (Å²) in [6.07, 6.45) is 3.60. The molecule has 0 saturated carbocycles. The first-order chi connectivity index (χ1) is 9.13. The van der Waals surface area contributed by atoms with Crippen molar-refractivity contribution in [1.82, 2.24) is 5.43 Å². The molecule has 0 aliphatic rings. The molecule has 0 bridgehead atoms. The molecule has 0 atom stereocenters. The summed E-state index contributed by atoms with van der Waals surface area (Å²) in [4.78, 5) is 11.6. The minimum absolute atomic E-state index is 0.0140. The van der Waals surface area contributed by atoms with Crippen molar-refractivity contribution in [1.29, 1.82) is 0 Å². The van der Waals surface area contributed by atoms with Crippen molar-refractivity contribution in [2.24, 2.45) is 11.0 Å². The Balaban J connectivity index is 2.71. The van der Waals surface area contributed by atoms with Crippen molar-refractivity contribution in [2.45, 2.75) is 46.5 Å². The summed E-state index contributed by atoms with van der Waals surface area (Å²) >= 11 is 0. The predicted octanol–water partition coefficient (Wildman–Crippen LogP) is 3.74. The third kappa shape index (κ3) is 6.18. The standard InChI is InChI=1S/C16H24N2O/c1-4-5-11-15(14-9-7-6-8-10-14)17-18-16(19)12-13(2)3/h6-10,13H,4-5,11-12H2,1-3H3,(H,18,19)/b17-15+. The molecule has 3 heteroatoms. The molecule has 1 amide bonds. The van der Waals surface area contributed by atoms with Crippen molar-refractivity contribution in [3.05, 3.63) is 35.9 Å². The lowest BCUT2D eigenvalue weighted by Crippen LogP contribution is -2.21. The van der Waals surface area contributed by atoms with Gasteiger partial charge in [0.15, 0.2) is 0 Å². The average Bonchev–Trinajstić information content (AvgIpc) is 2.39. The number of carbonyl (C=O) groups is 1. The van der Waals surface area contributed by atoms with Crippen LogP contribution in [0.2, 0.25) is 0 Å². The molecule has 0 heterocycles. The molecule has 1 aromatic carbocycles. The lowest BCUT2D eigenvalue weighted by molar-refractivity contribution is -0.121. The third-order valence-corrected chi connectivity index (χ3v) is 2.78. The van der Waals surface area contributed by atoms with E-state index in [9.17, 15) is 4.79 Å². The molecule has 0 aliphatic carbocycles. The van der Waals surface area contributed by atoms with Gasteiger partial charge in [-0.2, -0.15) is 5.10 Å². The molecule has 0 unspecified atom stereocenters. The highest BCUT2D eigenvalue weighted by Crippen LogP contribution is 2.08. The minimum atomic E-state index is -0.0140. The maximum absolute atomic E-state index is 11.6. The quantitative estimate of drug-likeness (QED) is 0.589. The maximum atomic E-state index is 11.6. The van der Waals surface area contributed by atoms with E-state index in [1.807, 2.05) is 44.2 Å². The first-order valence-electron chi connectivity index (χ1n) is 7.04. The van der Waals surface area contributed by atoms with E-state index in [0.717, 1.165) is 30.5 Å². The predicted molar refractivity (Wildman–Crippen MR) is 80.1 cm³/mol. The molecule has 19 heavy (non-hydrogen) atoms. The van der Waals surface area contributed by atoms with Crippen LogP contribution in [-0.2, 0) is 4.79 Å². The van der Waals surface area contributed by atoms with E-state index in [-0.39, 0.29) is 5.91 Å². The molecule has 0 saturated heterocycles. The fourth-order valence-electron chi connectivity index (χ4n) is 1.79. The van der Waals surface area contributed by atoms with E-state index >= 15 is 0 Å². The van der Waals surface area contributed by atoms with Crippen LogP contribution in [0.4, 0.5) is 0 Å². The lowest BCUT2D eigenvalue weighted by atomic mass is 10.1. The second-order valence-electron chi connectivity index (χ2n) is 5.16. The summed E-state index contributed by atoms with van der Waals surface area (Å²) in [6, 6.07) is 10.0. The Hall–Kier alpha value is -1.64. The SMILES string of the molecule is CCCC/C(=N\NC(=O)CC(C)C)c1ccccc1. The Kier molecular flexibility index (Phi) is 6.86. The van der Waals surface area contributed by atoms with E-state index in [1.54, 1.807) is 0 Å². The normalized spacial score (nSPS) is 11.7. The van der Waals surface area contributed by atoms with Gasteiger partial charge in [-0.15, -0.1) is 0 Å². The molecule has 0 fully saturated rings. The first-order valence-corrected chi connectivity index (χ1v) is 7.04. The van der Waals surface area contributed by atoms with Crippen molar-refractivity contribution in [3.63, 3.8) is 0 Å². The number of nitrogens with zero attached hydrogens (tertiary/aromatic N) is 1. The van der Waals surface area contributed by atoms with E-state index < -0.39 is 0 Å². The number of hydrogen-bond acceptors (Lipinski definition) is 2. The van der Waals surface area contributed by atoms with Gasteiger partial charge in [-0.3, -0.25) is 4.79 Å². The van der Waals surface area contributed by atoms with Crippen LogP contribution in [0.15, 0.2) is 35.4 Å². The van der Waals surface area contributed by atoms with Gasteiger partial charge >= 0.3 is 0 Å². The summed E-state index contributed by atoms with van der Waals surface area (Å²) in [5.74, 6) is 0.339. The number of carbonyl (C=O) groups excluding carboxylic acids is 1. The molecule has 0 aliphatic heterocycles. The monoisotopic (exact) mass is 260 g/mol. The molecule has 1 aromatic rings. The molecule has 0 aromatic heterocycles. The van der Waals surface area contributed by atoms with E-state index in [1.165, 1.54) is 0 Å². The van der Waals surface area contributed by atoms with Crippen LogP contribution in [0.3, 0.4) is 0 Å². The second kappa shape index (κ2) is 8.46. The minimum Gasteiger partial charge on any atom is -0.273 e. The summed E-state index contributed by atoms with van der Waals surface area (Å²) in [5.41, 5.74) is 4.71. The van der Waals surface area contributed by atoms with Gasteiger partial charge < -0.3 is 0 Å². The first kappa shape index (κ1) is 15.4. The van der Waals surface area contributed by atoms with Gasteiger partial charge in [-0.25, -0.2) is 5.43 Å². The Bertz CT molecular complexity index is 410. The van der Waals surface area contributed by atoms with Crippen molar-refractivity contribution < 1.29 is 4.79 Å². The van der Waals surface area contributed by atoms with Crippen LogP contribution in [0, 0.1) is 5.92 Å². The Morgan fingerprint density at radius 1 is 1.26 bits per heavy atom. The zero-order valence-corrected chi connectivity index (χ0v) is 12.1. The van der Waals surface area contributed by atoms with Crippen LogP contribution < -0.4 is 5.43 Å². The highest BCUT2D eigenvalue weighted by molar-refractivity contribution is 6.01.